The van der Waals surface area contributed by atoms with Crippen molar-refractivity contribution >= 4 is 35.0 Å². The second kappa shape index (κ2) is 11.7. The van der Waals surface area contributed by atoms with Gasteiger partial charge in [0.05, 0.1) is 35.5 Å². The molecule has 3 aromatic rings. The lowest BCUT2D eigenvalue weighted by Gasteiger charge is -2.28. The molecule has 3 rings (SSSR count). The van der Waals surface area contributed by atoms with Gasteiger partial charge in [-0.15, -0.1) is 5.10 Å². The average Bonchev–Trinajstić information content (AvgIpc) is 3.25. The zero-order chi connectivity index (χ0) is 25.0. The molecule has 0 radical (unpaired) electrons. The van der Waals surface area contributed by atoms with Gasteiger partial charge in [0.25, 0.3) is 0 Å². The van der Waals surface area contributed by atoms with Crippen molar-refractivity contribution in [1.29, 1.82) is 0 Å². The van der Waals surface area contributed by atoms with Gasteiger partial charge in [-0.2, -0.15) is 0 Å². The van der Waals surface area contributed by atoms with Gasteiger partial charge in [-0.1, -0.05) is 40.2 Å². The van der Waals surface area contributed by atoms with Crippen molar-refractivity contribution in [2.45, 2.75) is 42.1 Å². The summed E-state index contributed by atoms with van der Waals surface area (Å²) in [5, 5.41) is 38.5. The first kappa shape index (κ1) is 26.7. The van der Waals surface area contributed by atoms with Crippen LogP contribution in [0, 0.1) is 17.5 Å². The first-order valence-electron chi connectivity index (χ1n) is 9.88. The van der Waals surface area contributed by atoms with Gasteiger partial charge in [0, 0.05) is 10.5 Å². The Labute approximate surface area is 207 Å². The Hall–Kier alpha value is -1.86. The fraction of sp³-hybridized carbons (Fsp3) is 0.333. The number of benzene rings is 2. The van der Waals surface area contributed by atoms with Gasteiger partial charge in [0.15, 0.2) is 17.5 Å². The largest absolute Gasteiger partial charge is 0.394 e. The predicted molar refractivity (Wildman–Crippen MR) is 121 cm³/mol. The molecule has 7 nitrogen and oxygen atoms in total. The quantitative estimate of drug-likeness (QED) is 0.205. The molecule has 0 saturated heterocycles. The van der Waals surface area contributed by atoms with Crippen LogP contribution < -0.4 is 0 Å². The highest BCUT2D eigenvalue weighted by Crippen LogP contribution is 2.33. The summed E-state index contributed by atoms with van der Waals surface area (Å²) in [5.74, 6) is -4.34. The van der Waals surface area contributed by atoms with Crippen molar-refractivity contribution in [2.75, 3.05) is 6.61 Å². The van der Waals surface area contributed by atoms with Gasteiger partial charge in [0.1, 0.15) is 23.3 Å². The molecule has 0 aliphatic carbocycles. The fourth-order valence-corrected chi connectivity index (χ4v) is 4.27. The van der Waals surface area contributed by atoms with E-state index in [4.69, 9.17) is 27.9 Å². The van der Waals surface area contributed by atoms with Gasteiger partial charge < -0.3 is 20.1 Å². The molecule has 2 aromatic carbocycles. The normalized spacial score (nSPS) is 15.2. The molecular weight excluding hydrogens is 518 g/mol. The summed E-state index contributed by atoms with van der Waals surface area (Å²) in [7, 11) is 0. The molecule has 184 valence electrons. The van der Waals surface area contributed by atoms with Crippen LogP contribution in [0.15, 0.2) is 41.4 Å². The predicted octanol–water partition coefficient (Wildman–Crippen LogP) is 3.91. The minimum Gasteiger partial charge on any atom is -0.394 e. The summed E-state index contributed by atoms with van der Waals surface area (Å²) >= 11 is 13.1. The number of ether oxygens (including phenoxy) is 1. The van der Waals surface area contributed by atoms with Crippen LogP contribution in [-0.2, 0) is 11.3 Å². The van der Waals surface area contributed by atoms with E-state index in [1.807, 2.05) is 0 Å². The highest BCUT2D eigenvalue weighted by atomic mass is 35.5. The molecule has 13 heteroatoms. The molecule has 0 saturated carbocycles. The Bertz CT molecular complexity index is 1120. The minimum atomic E-state index is -1.59. The van der Waals surface area contributed by atoms with Gasteiger partial charge >= 0.3 is 0 Å². The second-order valence-electron chi connectivity index (χ2n) is 7.31. The first-order valence-corrected chi connectivity index (χ1v) is 11.5. The zero-order valence-electron chi connectivity index (χ0n) is 17.6. The maximum Gasteiger partial charge on any atom is 0.194 e. The van der Waals surface area contributed by atoms with Crippen molar-refractivity contribution in [3.8, 4) is 11.3 Å². The maximum atomic E-state index is 13.5. The van der Waals surface area contributed by atoms with Crippen LogP contribution in [0.2, 0.25) is 10.0 Å². The van der Waals surface area contributed by atoms with E-state index in [9.17, 15) is 28.5 Å². The molecule has 34 heavy (non-hydrogen) atoms. The molecule has 3 N–H and O–H groups in total. The van der Waals surface area contributed by atoms with Crippen LogP contribution >= 0.6 is 35.0 Å². The molecule has 0 bridgehead atoms. The topological polar surface area (TPSA) is 101 Å². The van der Waals surface area contributed by atoms with E-state index in [1.165, 1.54) is 17.8 Å². The van der Waals surface area contributed by atoms with Crippen LogP contribution in [0.4, 0.5) is 13.2 Å². The van der Waals surface area contributed by atoms with Gasteiger partial charge in [0.2, 0.25) is 0 Å². The Morgan fingerprint density at radius 3 is 2.35 bits per heavy atom. The number of thioether (sulfide) groups is 1. The fourth-order valence-electron chi connectivity index (χ4n) is 2.86. The highest BCUT2D eigenvalue weighted by Gasteiger charge is 2.28. The van der Waals surface area contributed by atoms with E-state index in [2.05, 4.69) is 10.3 Å². The molecule has 1 heterocycles. The van der Waals surface area contributed by atoms with Crippen LogP contribution in [0.25, 0.3) is 11.3 Å². The third kappa shape index (κ3) is 6.63. The van der Waals surface area contributed by atoms with Gasteiger partial charge in [-0.05, 0) is 37.3 Å². The van der Waals surface area contributed by atoms with Crippen molar-refractivity contribution in [3.05, 3.63) is 64.0 Å². The molecular formula is C21H20Cl2F3N3O4S. The summed E-state index contributed by atoms with van der Waals surface area (Å²) in [6, 6.07) is 6.36. The minimum absolute atomic E-state index is 0.0374. The van der Waals surface area contributed by atoms with Crippen molar-refractivity contribution in [1.82, 2.24) is 15.0 Å². The number of aliphatic hydroxyl groups excluding tert-OH is 3. The van der Waals surface area contributed by atoms with Crippen LogP contribution in [0.3, 0.4) is 0 Å². The Morgan fingerprint density at radius 2 is 1.76 bits per heavy atom. The first-order chi connectivity index (χ1) is 16.1. The number of rotatable bonds is 10. The smallest absolute Gasteiger partial charge is 0.194 e. The zero-order valence-corrected chi connectivity index (χ0v) is 19.9. The molecule has 1 aromatic heterocycles. The molecule has 0 aliphatic rings. The Morgan fingerprint density at radius 1 is 1.09 bits per heavy atom. The molecule has 0 amide bonds. The van der Waals surface area contributed by atoms with E-state index in [-0.39, 0.29) is 22.8 Å². The number of aromatic nitrogens is 3. The van der Waals surface area contributed by atoms with E-state index in [0.29, 0.717) is 9.92 Å². The summed E-state index contributed by atoms with van der Waals surface area (Å²) in [6.07, 6.45) is -1.96. The second-order valence-corrected chi connectivity index (χ2v) is 9.29. The lowest BCUT2D eigenvalue weighted by Crippen LogP contribution is -2.39. The summed E-state index contributed by atoms with van der Waals surface area (Å²) in [6.45, 7) is 0.757. The molecule has 4 atom stereocenters. The number of nitrogens with zero attached hydrogens (tertiary/aromatic N) is 3. The summed E-state index contributed by atoms with van der Waals surface area (Å²) in [5.41, 5.74) is -0.987. The maximum absolute atomic E-state index is 13.5. The highest BCUT2D eigenvalue weighted by molar-refractivity contribution is 7.99. The molecule has 0 spiro atoms. The molecule has 0 fully saturated rings. The van der Waals surface area contributed by atoms with Crippen LogP contribution in [0.1, 0.15) is 6.92 Å². The van der Waals surface area contributed by atoms with Crippen molar-refractivity contribution < 1.29 is 33.2 Å². The number of halogens is 5. The lowest BCUT2D eigenvalue weighted by atomic mass is 10.1. The Balaban J connectivity index is 1.80. The lowest BCUT2D eigenvalue weighted by molar-refractivity contribution is -0.0972. The SMILES string of the molecule is C[C@@H](O)C(CO)OC(Sc1ccc(Cl)c(Cl)c1)[C@@H](O)Cn1cc(-c2cc(F)c(F)c(F)c2)nn1. The third-order valence-electron chi connectivity index (χ3n) is 4.68. The monoisotopic (exact) mass is 537 g/mol. The number of hydrogen-bond acceptors (Lipinski definition) is 7. The van der Waals surface area contributed by atoms with Gasteiger partial charge in [-0.3, -0.25) is 0 Å². The average molecular weight is 538 g/mol. The number of hydrogen-bond donors (Lipinski definition) is 3. The van der Waals surface area contributed by atoms with E-state index in [0.717, 1.165) is 23.9 Å². The van der Waals surface area contributed by atoms with Crippen molar-refractivity contribution in [3.63, 3.8) is 0 Å². The van der Waals surface area contributed by atoms with Crippen LogP contribution in [-0.4, -0.2) is 60.7 Å². The molecule has 2 unspecified atom stereocenters. The van der Waals surface area contributed by atoms with E-state index >= 15 is 0 Å². The summed E-state index contributed by atoms with van der Waals surface area (Å²) < 4.78 is 47.2. The van der Waals surface area contributed by atoms with Gasteiger partial charge in [-0.25, -0.2) is 17.9 Å². The van der Waals surface area contributed by atoms with E-state index < -0.39 is 47.8 Å². The summed E-state index contributed by atoms with van der Waals surface area (Å²) in [4.78, 5) is 0.595. The standard InChI is InChI=1S/C21H20Cl2F3N3O4S/c1-10(31)19(9-30)33-21(34-12-2-3-13(22)14(23)6-12)18(32)8-29-7-17(27-28-29)11-4-15(24)20(26)16(25)5-11/h2-7,10,18-19,21,30-32H,8-9H2,1H3/t10-,18+,19?,21?/m1/s1. The van der Waals surface area contributed by atoms with E-state index in [1.54, 1.807) is 18.2 Å². The third-order valence-corrected chi connectivity index (χ3v) is 6.60. The Kier molecular flexibility index (Phi) is 9.21. The number of aliphatic hydroxyl groups is 3. The molecule has 0 aliphatic heterocycles. The van der Waals surface area contributed by atoms with Crippen molar-refractivity contribution in [2.24, 2.45) is 0 Å². The van der Waals surface area contributed by atoms with Crippen LogP contribution in [0.5, 0.6) is 0 Å².